The molecular weight excluding hydrogens is 248 g/mol. The SMILES string of the molecule is CN(C[C@H]1C=C(N)NC1)c1ccc(-c2ccc[nH]2)cc1. The number of hydrogen-bond acceptors (Lipinski definition) is 3. The van der Waals surface area contributed by atoms with Crippen molar-refractivity contribution in [1.29, 1.82) is 0 Å². The number of nitrogens with one attached hydrogen (secondary N) is 2. The van der Waals surface area contributed by atoms with Crippen molar-refractivity contribution in [2.24, 2.45) is 11.7 Å². The molecule has 1 aromatic carbocycles. The van der Waals surface area contributed by atoms with E-state index in [1.807, 2.05) is 12.3 Å². The summed E-state index contributed by atoms with van der Waals surface area (Å²) in [7, 11) is 2.12. The molecule has 0 spiro atoms. The van der Waals surface area contributed by atoms with E-state index in [1.54, 1.807) is 0 Å². The first-order valence-corrected chi connectivity index (χ1v) is 6.88. The van der Waals surface area contributed by atoms with Crippen molar-refractivity contribution >= 4 is 5.69 Å². The normalized spacial score (nSPS) is 17.6. The van der Waals surface area contributed by atoms with Crippen molar-refractivity contribution in [3.8, 4) is 11.3 Å². The Kier molecular flexibility index (Phi) is 3.37. The highest BCUT2D eigenvalue weighted by atomic mass is 15.1. The molecule has 0 amide bonds. The first kappa shape index (κ1) is 12.7. The molecule has 0 bridgehead atoms. The Morgan fingerprint density at radius 3 is 2.65 bits per heavy atom. The maximum Gasteiger partial charge on any atom is 0.0923 e. The third-order valence-electron chi connectivity index (χ3n) is 3.71. The number of nitrogens with two attached hydrogens (primary N) is 1. The van der Waals surface area contributed by atoms with E-state index in [4.69, 9.17) is 5.73 Å². The summed E-state index contributed by atoms with van der Waals surface area (Å²) in [5.74, 6) is 1.27. The number of rotatable bonds is 4. The van der Waals surface area contributed by atoms with Gasteiger partial charge in [-0.3, -0.25) is 0 Å². The number of nitrogens with zero attached hydrogens (tertiary/aromatic N) is 1. The second kappa shape index (κ2) is 5.33. The quantitative estimate of drug-likeness (QED) is 0.796. The second-order valence-electron chi connectivity index (χ2n) is 5.27. The van der Waals surface area contributed by atoms with E-state index in [9.17, 15) is 0 Å². The fourth-order valence-electron chi connectivity index (χ4n) is 2.60. The predicted molar refractivity (Wildman–Crippen MR) is 83.3 cm³/mol. The van der Waals surface area contributed by atoms with Crippen LogP contribution in [0.15, 0.2) is 54.5 Å². The number of anilines is 1. The summed E-state index contributed by atoms with van der Waals surface area (Å²) in [6.45, 7) is 1.90. The first-order valence-electron chi connectivity index (χ1n) is 6.88. The summed E-state index contributed by atoms with van der Waals surface area (Å²) >= 11 is 0. The van der Waals surface area contributed by atoms with E-state index in [-0.39, 0.29) is 0 Å². The molecule has 4 nitrogen and oxygen atoms in total. The summed E-state index contributed by atoms with van der Waals surface area (Å²) < 4.78 is 0. The summed E-state index contributed by atoms with van der Waals surface area (Å²) in [4.78, 5) is 5.49. The molecule has 1 atom stereocenters. The van der Waals surface area contributed by atoms with Gasteiger partial charge in [0, 0.05) is 43.6 Å². The number of aromatic amines is 1. The largest absolute Gasteiger partial charge is 0.386 e. The minimum Gasteiger partial charge on any atom is -0.386 e. The smallest absolute Gasteiger partial charge is 0.0923 e. The molecule has 1 aromatic heterocycles. The highest BCUT2D eigenvalue weighted by molar-refractivity contribution is 5.63. The number of H-pyrrole nitrogens is 1. The van der Waals surface area contributed by atoms with Crippen molar-refractivity contribution in [3.05, 3.63) is 54.5 Å². The Balaban J connectivity index is 1.68. The van der Waals surface area contributed by atoms with E-state index in [0.29, 0.717) is 5.92 Å². The number of aromatic nitrogens is 1. The van der Waals surface area contributed by atoms with E-state index in [1.165, 1.54) is 11.3 Å². The van der Waals surface area contributed by atoms with E-state index < -0.39 is 0 Å². The molecule has 0 aliphatic carbocycles. The molecule has 3 rings (SSSR count). The van der Waals surface area contributed by atoms with Gasteiger partial charge in [-0.1, -0.05) is 12.1 Å². The van der Waals surface area contributed by atoms with Crippen molar-refractivity contribution in [2.45, 2.75) is 0 Å². The monoisotopic (exact) mass is 268 g/mol. The third-order valence-corrected chi connectivity index (χ3v) is 3.71. The van der Waals surface area contributed by atoms with Crippen LogP contribution in [0.1, 0.15) is 0 Å². The molecule has 0 radical (unpaired) electrons. The Labute approximate surface area is 119 Å². The zero-order valence-corrected chi connectivity index (χ0v) is 11.6. The van der Waals surface area contributed by atoms with Crippen LogP contribution < -0.4 is 16.0 Å². The molecule has 2 heterocycles. The van der Waals surface area contributed by atoms with Crippen LogP contribution in [0, 0.1) is 5.92 Å². The highest BCUT2D eigenvalue weighted by Crippen LogP contribution is 2.22. The summed E-state index contributed by atoms with van der Waals surface area (Å²) in [6.07, 6.45) is 4.04. The maximum atomic E-state index is 5.74. The topological polar surface area (TPSA) is 57.1 Å². The zero-order chi connectivity index (χ0) is 13.9. The van der Waals surface area contributed by atoms with Gasteiger partial charge in [0.25, 0.3) is 0 Å². The lowest BCUT2D eigenvalue weighted by Gasteiger charge is -2.22. The van der Waals surface area contributed by atoms with Gasteiger partial charge in [0.05, 0.1) is 5.82 Å². The van der Waals surface area contributed by atoms with Gasteiger partial charge in [-0.2, -0.15) is 0 Å². The van der Waals surface area contributed by atoms with E-state index >= 15 is 0 Å². The second-order valence-corrected chi connectivity index (χ2v) is 5.27. The van der Waals surface area contributed by atoms with Gasteiger partial charge in [0.1, 0.15) is 0 Å². The summed E-state index contributed by atoms with van der Waals surface area (Å²) in [6, 6.07) is 12.7. The van der Waals surface area contributed by atoms with Gasteiger partial charge in [-0.05, 0) is 35.9 Å². The summed E-state index contributed by atoms with van der Waals surface area (Å²) in [5.41, 5.74) is 9.32. The lowest BCUT2D eigenvalue weighted by molar-refractivity contribution is 0.641. The van der Waals surface area contributed by atoms with Crippen LogP contribution in [0.5, 0.6) is 0 Å². The molecule has 0 saturated carbocycles. The average molecular weight is 268 g/mol. The zero-order valence-electron chi connectivity index (χ0n) is 11.6. The van der Waals surface area contributed by atoms with Crippen LogP contribution in [0.2, 0.25) is 0 Å². The standard InChI is InChI=1S/C16H20N4/c1-20(11-12-9-16(17)19-10-12)14-6-4-13(5-7-14)15-3-2-8-18-15/h2-9,12,18-19H,10-11,17H2,1H3/t12-/m0/s1. The Morgan fingerprint density at radius 2 is 2.05 bits per heavy atom. The lowest BCUT2D eigenvalue weighted by Crippen LogP contribution is -2.27. The molecule has 2 aromatic rings. The van der Waals surface area contributed by atoms with Crippen LogP contribution in [0.3, 0.4) is 0 Å². The molecule has 4 N–H and O–H groups in total. The molecule has 0 saturated heterocycles. The molecular formula is C16H20N4. The molecule has 0 fully saturated rings. The van der Waals surface area contributed by atoms with Crippen LogP contribution in [-0.4, -0.2) is 25.1 Å². The number of hydrogen-bond donors (Lipinski definition) is 3. The average Bonchev–Trinajstić information content (AvgIpc) is 3.11. The minimum absolute atomic E-state index is 0.475. The Hall–Kier alpha value is -2.36. The van der Waals surface area contributed by atoms with Gasteiger partial charge in [-0.25, -0.2) is 0 Å². The third kappa shape index (κ3) is 2.64. The fourth-order valence-corrected chi connectivity index (χ4v) is 2.60. The maximum absolute atomic E-state index is 5.74. The van der Waals surface area contributed by atoms with Crippen molar-refractivity contribution in [1.82, 2.24) is 10.3 Å². The van der Waals surface area contributed by atoms with Crippen LogP contribution >= 0.6 is 0 Å². The van der Waals surface area contributed by atoms with Crippen LogP contribution in [-0.2, 0) is 0 Å². The minimum atomic E-state index is 0.475. The van der Waals surface area contributed by atoms with Gasteiger partial charge < -0.3 is 20.9 Å². The van der Waals surface area contributed by atoms with Crippen molar-refractivity contribution in [2.75, 3.05) is 25.0 Å². The molecule has 20 heavy (non-hydrogen) atoms. The van der Waals surface area contributed by atoms with Crippen molar-refractivity contribution in [3.63, 3.8) is 0 Å². The highest BCUT2D eigenvalue weighted by Gasteiger charge is 2.15. The Morgan fingerprint density at radius 1 is 1.25 bits per heavy atom. The van der Waals surface area contributed by atoms with Gasteiger partial charge >= 0.3 is 0 Å². The van der Waals surface area contributed by atoms with Crippen LogP contribution in [0.4, 0.5) is 5.69 Å². The van der Waals surface area contributed by atoms with Crippen molar-refractivity contribution < 1.29 is 0 Å². The van der Waals surface area contributed by atoms with Gasteiger partial charge in [0.15, 0.2) is 0 Å². The molecule has 0 unspecified atom stereocenters. The fraction of sp³-hybridized carbons (Fsp3) is 0.250. The summed E-state index contributed by atoms with van der Waals surface area (Å²) in [5, 5.41) is 3.16. The molecule has 1 aliphatic heterocycles. The van der Waals surface area contributed by atoms with E-state index in [0.717, 1.165) is 24.6 Å². The molecule has 4 heteroatoms. The van der Waals surface area contributed by atoms with Crippen LogP contribution in [0.25, 0.3) is 11.3 Å². The predicted octanol–water partition coefficient (Wildman–Crippen LogP) is 2.14. The Bertz CT molecular complexity index is 583. The number of benzene rings is 1. The van der Waals surface area contributed by atoms with Gasteiger partial charge in [0.2, 0.25) is 0 Å². The molecule has 104 valence electrons. The first-order chi connectivity index (χ1) is 9.72. The van der Waals surface area contributed by atoms with E-state index in [2.05, 4.69) is 58.7 Å². The molecule has 1 aliphatic rings. The lowest BCUT2D eigenvalue weighted by atomic mass is 10.1. The van der Waals surface area contributed by atoms with Gasteiger partial charge in [-0.15, -0.1) is 0 Å².